The van der Waals surface area contributed by atoms with Gasteiger partial charge in [-0.05, 0) is 18.4 Å². The van der Waals surface area contributed by atoms with Gasteiger partial charge in [0.2, 0.25) is 5.91 Å². The number of urea groups is 1. The summed E-state index contributed by atoms with van der Waals surface area (Å²) in [5.74, 6) is 0.527. The average molecular weight is 760 g/mol. The topological polar surface area (TPSA) is 96.5 Å². The Morgan fingerprint density at radius 3 is 1.49 bits per heavy atom. The van der Waals surface area contributed by atoms with Gasteiger partial charge in [-0.1, -0.05) is 205 Å². The first kappa shape index (κ1) is 48.8. The van der Waals surface area contributed by atoms with Crippen LogP contribution in [0.1, 0.15) is 199 Å². The van der Waals surface area contributed by atoms with Crippen molar-refractivity contribution >= 4 is 29.7 Å². The third-order valence-electron chi connectivity index (χ3n) is 9.98. The molecule has 1 rings (SSSR count). The highest BCUT2D eigenvalue weighted by Gasteiger charge is 2.22. The number of amides is 3. The Morgan fingerprint density at radius 2 is 1.00 bits per heavy atom. The average Bonchev–Trinajstić information content (AvgIpc) is 3.17. The molecule has 306 valence electrons. The van der Waals surface area contributed by atoms with E-state index >= 15 is 0 Å². The molecule has 1 unspecified atom stereocenters. The van der Waals surface area contributed by atoms with Crippen molar-refractivity contribution in [3.05, 3.63) is 35.9 Å². The van der Waals surface area contributed by atoms with Crippen LogP contribution in [0.3, 0.4) is 0 Å². The van der Waals surface area contributed by atoms with Crippen molar-refractivity contribution in [3.8, 4) is 0 Å². The predicted octanol–water partition coefficient (Wildman–Crippen LogP) is 12.2. The Balaban J connectivity index is 2.16. The lowest BCUT2D eigenvalue weighted by atomic mass is 10.0. The molecule has 0 spiro atoms. The normalized spacial score (nSPS) is 11.7. The summed E-state index contributed by atoms with van der Waals surface area (Å²) in [7, 11) is 0. The van der Waals surface area contributed by atoms with Crippen molar-refractivity contribution in [1.82, 2.24) is 16.0 Å². The summed E-state index contributed by atoms with van der Waals surface area (Å²) in [5, 5.41) is 8.81. The van der Waals surface area contributed by atoms with Crippen molar-refractivity contribution in [3.63, 3.8) is 0 Å². The lowest BCUT2D eigenvalue weighted by Crippen LogP contribution is -2.44. The molecule has 1 atom stereocenters. The van der Waals surface area contributed by atoms with Gasteiger partial charge in [-0.25, -0.2) is 9.59 Å². The molecule has 0 aliphatic rings. The standard InChI is InChI=1S/C45H81N3O4S/c1-3-5-7-9-11-13-15-17-19-21-23-25-27-32-36-46-45(51)47-37-38-53-40-42(44(50)52-39-41-33-29-28-30-34-41)48-43(49)35-31-26-24-22-20-18-16-14-12-10-8-6-4-2/h28-30,33-34,42H,3-27,31-32,35-40H2,1-2H3,(H,48,49)(H2,46,47,51). The van der Waals surface area contributed by atoms with Gasteiger partial charge in [0.15, 0.2) is 0 Å². The number of hydrogen-bond acceptors (Lipinski definition) is 5. The van der Waals surface area contributed by atoms with E-state index in [1.807, 2.05) is 30.3 Å². The molecule has 0 saturated heterocycles. The van der Waals surface area contributed by atoms with Gasteiger partial charge < -0.3 is 20.7 Å². The highest BCUT2D eigenvalue weighted by Crippen LogP contribution is 2.15. The van der Waals surface area contributed by atoms with Crippen LogP contribution >= 0.6 is 11.8 Å². The van der Waals surface area contributed by atoms with Gasteiger partial charge in [0.1, 0.15) is 12.6 Å². The minimum atomic E-state index is -0.715. The second-order valence-electron chi connectivity index (χ2n) is 15.1. The zero-order valence-electron chi connectivity index (χ0n) is 34.3. The monoisotopic (exact) mass is 760 g/mol. The van der Waals surface area contributed by atoms with Crippen LogP contribution in [-0.2, 0) is 20.9 Å². The second kappa shape index (κ2) is 38.1. The Kier molecular flexibility index (Phi) is 35.1. The largest absolute Gasteiger partial charge is 0.459 e. The van der Waals surface area contributed by atoms with E-state index in [2.05, 4.69) is 29.8 Å². The predicted molar refractivity (Wildman–Crippen MR) is 228 cm³/mol. The maximum atomic E-state index is 13.0. The smallest absolute Gasteiger partial charge is 0.329 e. The highest BCUT2D eigenvalue weighted by molar-refractivity contribution is 7.99. The molecule has 0 saturated carbocycles. The van der Waals surface area contributed by atoms with E-state index in [-0.39, 0.29) is 18.5 Å². The van der Waals surface area contributed by atoms with Crippen LogP contribution in [0, 0.1) is 0 Å². The van der Waals surface area contributed by atoms with Crippen molar-refractivity contribution in [2.75, 3.05) is 24.6 Å². The van der Waals surface area contributed by atoms with Crippen molar-refractivity contribution in [2.45, 2.75) is 206 Å². The molecular formula is C45H81N3O4S. The van der Waals surface area contributed by atoms with E-state index in [0.29, 0.717) is 31.0 Å². The molecule has 7 nitrogen and oxygen atoms in total. The Morgan fingerprint density at radius 1 is 0.566 bits per heavy atom. The van der Waals surface area contributed by atoms with Crippen LogP contribution in [0.4, 0.5) is 4.79 Å². The van der Waals surface area contributed by atoms with Gasteiger partial charge in [-0.3, -0.25) is 4.79 Å². The van der Waals surface area contributed by atoms with E-state index in [4.69, 9.17) is 4.74 Å². The van der Waals surface area contributed by atoms with E-state index in [0.717, 1.165) is 37.7 Å². The highest BCUT2D eigenvalue weighted by atomic mass is 32.2. The summed E-state index contributed by atoms with van der Waals surface area (Å²) in [6.07, 6.45) is 35.3. The van der Waals surface area contributed by atoms with Crippen molar-refractivity contribution in [1.29, 1.82) is 0 Å². The maximum Gasteiger partial charge on any atom is 0.329 e. The molecule has 0 aromatic heterocycles. The molecule has 3 amide bonds. The molecule has 8 heteroatoms. The lowest BCUT2D eigenvalue weighted by Gasteiger charge is -2.18. The summed E-state index contributed by atoms with van der Waals surface area (Å²) in [6, 6.07) is 8.72. The SMILES string of the molecule is CCCCCCCCCCCCCCCCNC(=O)NCCSCC(NC(=O)CCCCCCCCCCCCCCC)C(=O)OCc1ccccc1. The first-order chi connectivity index (χ1) is 26.1. The first-order valence-electron chi connectivity index (χ1n) is 22.2. The van der Waals surface area contributed by atoms with E-state index in [9.17, 15) is 14.4 Å². The maximum absolute atomic E-state index is 13.0. The van der Waals surface area contributed by atoms with Crippen LogP contribution in [0.5, 0.6) is 0 Å². The zero-order valence-corrected chi connectivity index (χ0v) is 35.2. The second-order valence-corrected chi connectivity index (χ2v) is 16.2. The van der Waals surface area contributed by atoms with Gasteiger partial charge in [-0.2, -0.15) is 11.8 Å². The number of rotatable bonds is 38. The van der Waals surface area contributed by atoms with Gasteiger partial charge in [0, 0.05) is 31.0 Å². The van der Waals surface area contributed by atoms with E-state index in [1.165, 1.54) is 153 Å². The summed E-state index contributed by atoms with van der Waals surface area (Å²) < 4.78 is 5.58. The quantitative estimate of drug-likeness (QED) is 0.0461. The fourth-order valence-electron chi connectivity index (χ4n) is 6.59. The number of carbonyl (C=O) groups is 3. The number of esters is 1. The number of thioether (sulfide) groups is 1. The summed E-state index contributed by atoms with van der Waals surface area (Å²) in [5.41, 5.74) is 0.912. The number of hydrogen-bond donors (Lipinski definition) is 3. The van der Waals surface area contributed by atoms with Crippen LogP contribution in [0.2, 0.25) is 0 Å². The number of unbranched alkanes of at least 4 members (excludes halogenated alkanes) is 25. The van der Waals surface area contributed by atoms with Gasteiger partial charge in [-0.15, -0.1) is 0 Å². The van der Waals surface area contributed by atoms with Gasteiger partial charge in [0.05, 0.1) is 0 Å². The van der Waals surface area contributed by atoms with Crippen LogP contribution in [0.15, 0.2) is 30.3 Å². The number of carbonyl (C=O) groups excluding carboxylic acids is 3. The Labute approximate surface area is 330 Å². The summed E-state index contributed by atoms with van der Waals surface area (Å²) >= 11 is 1.53. The third-order valence-corrected chi connectivity index (χ3v) is 11.0. The number of ether oxygens (including phenoxy) is 1. The zero-order chi connectivity index (χ0) is 38.3. The van der Waals surface area contributed by atoms with Crippen molar-refractivity contribution in [2.24, 2.45) is 0 Å². The fraction of sp³-hybridized carbons (Fsp3) is 0.800. The molecule has 0 fully saturated rings. The fourth-order valence-corrected chi connectivity index (χ4v) is 7.46. The van der Waals surface area contributed by atoms with Crippen molar-refractivity contribution < 1.29 is 19.1 Å². The van der Waals surface area contributed by atoms with Gasteiger partial charge >= 0.3 is 12.0 Å². The van der Waals surface area contributed by atoms with Crippen LogP contribution < -0.4 is 16.0 Å². The summed E-state index contributed by atoms with van der Waals surface area (Å²) in [4.78, 5) is 38.1. The van der Waals surface area contributed by atoms with Crippen LogP contribution in [0.25, 0.3) is 0 Å². The molecule has 0 radical (unpaired) electrons. The lowest BCUT2D eigenvalue weighted by molar-refractivity contribution is -0.148. The molecule has 3 N–H and O–H groups in total. The molecule has 0 aliphatic carbocycles. The summed E-state index contributed by atoms with van der Waals surface area (Å²) in [6.45, 7) is 5.90. The molecule has 1 aromatic carbocycles. The minimum Gasteiger partial charge on any atom is -0.459 e. The minimum absolute atomic E-state index is 0.101. The van der Waals surface area contributed by atoms with Crippen LogP contribution in [-0.4, -0.2) is 48.5 Å². The molecule has 0 bridgehead atoms. The Bertz CT molecular complexity index is 980. The van der Waals surface area contributed by atoms with Gasteiger partial charge in [0.25, 0.3) is 0 Å². The molecular weight excluding hydrogens is 679 g/mol. The molecule has 0 heterocycles. The van der Waals surface area contributed by atoms with E-state index < -0.39 is 12.0 Å². The molecule has 1 aromatic rings. The molecule has 0 aliphatic heterocycles. The third kappa shape index (κ3) is 32.9. The number of nitrogens with one attached hydrogen (secondary N) is 3. The molecule has 53 heavy (non-hydrogen) atoms. The Hall–Kier alpha value is -2.22. The number of benzene rings is 1. The first-order valence-corrected chi connectivity index (χ1v) is 23.3. The van der Waals surface area contributed by atoms with E-state index in [1.54, 1.807) is 0 Å².